The maximum absolute atomic E-state index is 11.4. The van der Waals surface area contributed by atoms with Crippen LogP contribution in [0.25, 0.3) is 0 Å². The van der Waals surface area contributed by atoms with E-state index in [2.05, 4.69) is 36.5 Å². The highest BCUT2D eigenvalue weighted by molar-refractivity contribution is 5.87. The van der Waals surface area contributed by atoms with E-state index in [0.29, 0.717) is 18.6 Å². The third kappa shape index (κ3) is 0.482. The molecule has 1 nitrogen and oxygen atoms in total. The van der Waals surface area contributed by atoms with E-state index in [9.17, 15) is 4.79 Å². The number of carbonyl (C=O) groups excluding carboxylic acids is 1. The monoisotopic (exact) mass is 158 g/mol. The number of allylic oxidation sites excluding steroid dienone is 6. The Balaban J connectivity index is 2.20. The average Bonchev–Trinajstić information content (AvgIpc) is 2.25. The molecule has 2 atom stereocenters. The van der Waals surface area contributed by atoms with E-state index < -0.39 is 0 Å². The Labute approximate surface area is 71.5 Å². The summed E-state index contributed by atoms with van der Waals surface area (Å²) >= 11 is 0. The molecule has 0 N–H and O–H groups in total. The van der Waals surface area contributed by atoms with E-state index in [0.717, 1.165) is 0 Å². The summed E-state index contributed by atoms with van der Waals surface area (Å²) in [6, 6.07) is 0. The van der Waals surface area contributed by atoms with E-state index >= 15 is 0 Å². The van der Waals surface area contributed by atoms with Gasteiger partial charge in [-0.3, -0.25) is 4.79 Å². The lowest BCUT2D eigenvalue weighted by molar-refractivity contribution is -0.117. The van der Waals surface area contributed by atoms with Crippen LogP contribution in [-0.2, 0) is 4.79 Å². The van der Waals surface area contributed by atoms with Crippen molar-refractivity contribution in [2.45, 2.75) is 12.8 Å². The van der Waals surface area contributed by atoms with Crippen LogP contribution in [0, 0.1) is 10.8 Å². The minimum atomic E-state index is 0.0822. The second-order valence-electron chi connectivity index (χ2n) is 4.02. The van der Waals surface area contributed by atoms with Gasteiger partial charge in [0.15, 0.2) is 0 Å². The zero-order chi connectivity index (χ0) is 8.23. The van der Waals surface area contributed by atoms with Crippen molar-refractivity contribution in [2.75, 3.05) is 0 Å². The fourth-order valence-electron chi connectivity index (χ4n) is 2.67. The van der Waals surface area contributed by atoms with Crippen molar-refractivity contribution in [3.8, 4) is 0 Å². The highest BCUT2D eigenvalue weighted by atomic mass is 16.1. The zero-order valence-electron chi connectivity index (χ0n) is 6.79. The maximum atomic E-state index is 11.4. The van der Waals surface area contributed by atoms with Crippen LogP contribution in [0.1, 0.15) is 12.8 Å². The number of carbonyl (C=O) groups is 1. The van der Waals surface area contributed by atoms with Crippen molar-refractivity contribution < 1.29 is 4.79 Å². The van der Waals surface area contributed by atoms with Gasteiger partial charge in [0.2, 0.25) is 0 Å². The van der Waals surface area contributed by atoms with Crippen LogP contribution in [0.3, 0.4) is 0 Å². The standard InChI is InChI=1S/C11H10O/c12-9-7-10-3-1-2-4-11(10,8-9)6-5-10/h1-6H,7-8H2/t10-,11+. The zero-order valence-corrected chi connectivity index (χ0v) is 6.79. The summed E-state index contributed by atoms with van der Waals surface area (Å²) in [6.07, 6.45) is 14.3. The van der Waals surface area contributed by atoms with E-state index in [1.165, 1.54) is 0 Å². The SMILES string of the molecule is O=C1C[C@@]23C=CC=C[C@@]2(C=C3)C1. The molecule has 0 bridgehead atoms. The lowest BCUT2D eigenvalue weighted by Gasteiger charge is -2.46. The minimum absolute atomic E-state index is 0.0822. The van der Waals surface area contributed by atoms with Crippen molar-refractivity contribution in [2.24, 2.45) is 10.8 Å². The molecule has 3 aliphatic carbocycles. The average molecular weight is 158 g/mol. The summed E-state index contributed by atoms with van der Waals surface area (Å²) in [4.78, 5) is 11.4. The van der Waals surface area contributed by atoms with Crippen LogP contribution in [0.5, 0.6) is 0 Å². The molecule has 3 rings (SSSR count). The first-order valence-electron chi connectivity index (χ1n) is 4.36. The van der Waals surface area contributed by atoms with E-state index in [1.807, 2.05) is 0 Å². The fraction of sp³-hybridized carbons (Fsp3) is 0.364. The van der Waals surface area contributed by atoms with Gasteiger partial charge in [0, 0.05) is 23.7 Å². The van der Waals surface area contributed by atoms with Gasteiger partial charge >= 0.3 is 0 Å². The molecule has 0 amide bonds. The number of Topliss-reactive ketones (excluding diaryl/α,β-unsaturated/α-hetero) is 1. The number of hydrogen-bond donors (Lipinski definition) is 0. The van der Waals surface area contributed by atoms with Crippen LogP contribution in [0.2, 0.25) is 0 Å². The Morgan fingerprint density at radius 2 is 1.42 bits per heavy atom. The third-order valence-electron chi connectivity index (χ3n) is 3.42. The molecule has 3 aliphatic rings. The largest absolute Gasteiger partial charge is 0.300 e. The molecule has 0 aromatic rings. The fourth-order valence-corrected chi connectivity index (χ4v) is 2.67. The minimum Gasteiger partial charge on any atom is -0.300 e. The van der Waals surface area contributed by atoms with Gasteiger partial charge in [-0.05, 0) is 0 Å². The smallest absolute Gasteiger partial charge is 0.135 e. The Hall–Kier alpha value is -1.11. The molecule has 60 valence electrons. The topological polar surface area (TPSA) is 17.1 Å². The van der Waals surface area contributed by atoms with Gasteiger partial charge in [-0.25, -0.2) is 0 Å². The molecule has 0 aliphatic heterocycles. The van der Waals surface area contributed by atoms with Crippen LogP contribution in [0.15, 0.2) is 36.5 Å². The normalized spacial score (nSPS) is 47.2. The van der Waals surface area contributed by atoms with Crippen LogP contribution in [0.4, 0.5) is 0 Å². The van der Waals surface area contributed by atoms with Crippen LogP contribution in [-0.4, -0.2) is 5.78 Å². The van der Waals surface area contributed by atoms with Gasteiger partial charge in [0.1, 0.15) is 5.78 Å². The van der Waals surface area contributed by atoms with E-state index in [1.54, 1.807) is 0 Å². The van der Waals surface area contributed by atoms with Crippen molar-refractivity contribution in [3.05, 3.63) is 36.5 Å². The Morgan fingerprint density at radius 3 is 1.83 bits per heavy atom. The maximum Gasteiger partial charge on any atom is 0.135 e. The van der Waals surface area contributed by atoms with Crippen LogP contribution >= 0.6 is 0 Å². The molecule has 1 heteroatoms. The molecule has 0 heterocycles. The first kappa shape index (κ1) is 6.41. The molecule has 1 fully saturated rings. The summed E-state index contributed by atoms with van der Waals surface area (Å²) in [5.74, 6) is 0.399. The first-order valence-corrected chi connectivity index (χ1v) is 4.36. The van der Waals surface area contributed by atoms with Gasteiger partial charge in [0.05, 0.1) is 0 Å². The molecule has 0 spiro atoms. The Bertz CT molecular complexity index is 316. The number of rotatable bonds is 0. The van der Waals surface area contributed by atoms with E-state index in [-0.39, 0.29) is 10.8 Å². The van der Waals surface area contributed by atoms with Gasteiger partial charge in [0.25, 0.3) is 0 Å². The predicted octanol–water partition coefficient (Wildman–Crippen LogP) is 2.02. The van der Waals surface area contributed by atoms with Crippen molar-refractivity contribution in [3.63, 3.8) is 0 Å². The molecule has 0 saturated heterocycles. The molecular formula is C11H10O. The second-order valence-corrected chi connectivity index (χ2v) is 4.02. The summed E-state index contributed by atoms with van der Waals surface area (Å²) in [6.45, 7) is 0. The molecular weight excluding hydrogens is 148 g/mol. The molecule has 1 saturated carbocycles. The second kappa shape index (κ2) is 1.63. The molecule has 0 unspecified atom stereocenters. The molecule has 0 radical (unpaired) electrons. The van der Waals surface area contributed by atoms with E-state index in [4.69, 9.17) is 0 Å². The van der Waals surface area contributed by atoms with Gasteiger partial charge in [-0.2, -0.15) is 0 Å². The van der Waals surface area contributed by atoms with Gasteiger partial charge in [-0.15, -0.1) is 0 Å². The first-order chi connectivity index (χ1) is 5.77. The predicted molar refractivity (Wildman–Crippen MR) is 46.5 cm³/mol. The van der Waals surface area contributed by atoms with Gasteiger partial charge < -0.3 is 0 Å². The van der Waals surface area contributed by atoms with Crippen molar-refractivity contribution >= 4 is 5.78 Å². The molecule has 12 heavy (non-hydrogen) atoms. The number of ketones is 1. The lowest BCUT2D eigenvalue weighted by atomic mass is 9.56. The summed E-state index contributed by atoms with van der Waals surface area (Å²) in [5.41, 5.74) is 0.164. The third-order valence-corrected chi connectivity index (χ3v) is 3.42. The molecule has 0 aromatic heterocycles. The van der Waals surface area contributed by atoms with Gasteiger partial charge in [-0.1, -0.05) is 36.5 Å². The quantitative estimate of drug-likeness (QED) is 0.493. The van der Waals surface area contributed by atoms with Crippen molar-refractivity contribution in [1.82, 2.24) is 0 Å². The summed E-state index contributed by atoms with van der Waals surface area (Å²) in [5, 5.41) is 0. The van der Waals surface area contributed by atoms with Crippen LogP contribution < -0.4 is 0 Å². The highest BCUT2D eigenvalue weighted by Gasteiger charge is 2.58. The highest BCUT2D eigenvalue weighted by Crippen LogP contribution is 2.62. The molecule has 0 aromatic carbocycles. The number of hydrogen-bond acceptors (Lipinski definition) is 1. The lowest BCUT2D eigenvalue weighted by Crippen LogP contribution is -2.39. The summed E-state index contributed by atoms with van der Waals surface area (Å²) in [7, 11) is 0. The van der Waals surface area contributed by atoms with Crippen molar-refractivity contribution in [1.29, 1.82) is 0 Å². The Morgan fingerprint density at radius 1 is 0.917 bits per heavy atom. The summed E-state index contributed by atoms with van der Waals surface area (Å²) < 4.78 is 0. The Kier molecular flexibility index (Phi) is 0.871.